The molecule has 0 saturated carbocycles. The van der Waals surface area contributed by atoms with Gasteiger partial charge in [0.25, 0.3) is 0 Å². The van der Waals surface area contributed by atoms with Gasteiger partial charge in [-0.3, -0.25) is 4.79 Å². The third-order valence-corrected chi connectivity index (χ3v) is 2.90. The maximum absolute atomic E-state index is 11.6. The molecule has 1 amide bonds. The summed E-state index contributed by atoms with van der Waals surface area (Å²) >= 11 is 3.63. The van der Waals surface area contributed by atoms with E-state index in [0.717, 1.165) is 24.9 Å². The second-order valence-electron chi connectivity index (χ2n) is 5.24. The normalized spacial score (nSPS) is 11.3. The van der Waals surface area contributed by atoms with Crippen LogP contribution in [0.1, 0.15) is 45.6 Å². The Morgan fingerprint density at radius 2 is 1.89 bits per heavy atom. The van der Waals surface area contributed by atoms with E-state index in [4.69, 9.17) is 0 Å². The van der Waals surface area contributed by atoms with Crippen LogP contribution in [0.3, 0.4) is 0 Å². The van der Waals surface area contributed by atoms with E-state index in [0.29, 0.717) is 6.42 Å². The molecule has 1 rings (SSSR count). The van der Waals surface area contributed by atoms with Crippen LogP contribution >= 0.6 is 15.9 Å². The van der Waals surface area contributed by atoms with Gasteiger partial charge in [0.15, 0.2) is 0 Å². The molecular formula is C15H22BrNO. The highest BCUT2D eigenvalue weighted by molar-refractivity contribution is 9.10. The Hall–Kier alpha value is -0.830. The van der Waals surface area contributed by atoms with Crippen molar-refractivity contribution in [3.63, 3.8) is 0 Å². The lowest BCUT2D eigenvalue weighted by Gasteiger charge is -2.16. The van der Waals surface area contributed by atoms with Crippen molar-refractivity contribution >= 4 is 27.5 Å². The van der Waals surface area contributed by atoms with E-state index in [1.807, 2.05) is 12.1 Å². The van der Waals surface area contributed by atoms with Crippen molar-refractivity contribution in [1.82, 2.24) is 0 Å². The van der Waals surface area contributed by atoms with E-state index in [2.05, 4.69) is 54.2 Å². The van der Waals surface area contributed by atoms with Crippen LogP contribution in [0.5, 0.6) is 0 Å². The summed E-state index contributed by atoms with van der Waals surface area (Å²) in [4.78, 5) is 11.6. The van der Waals surface area contributed by atoms with Crippen molar-refractivity contribution in [3.05, 3.63) is 29.8 Å². The maximum atomic E-state index is 11.6. The number of anilines is 1. The highest BCUT2D eigenvalue weighted by Crippen LogP contribution is 2.22. The maximum Gasteiger partial charge on any atom is 0.224 e. The van der Waals surface area contributed by atoms with Gasteiger partial charge in [0.1, 0.15) is 0 Å². The summed E-state index contributed by atoms with van der Waals surface area (Å²) in [5.41, 5.74) is 2.15. The summed E-state index contributed by atoms with van der Waals surface area (Å²) in [5, 5.41) is 2.92. The fourth-order valence-electron chi connectivity index (χ4n) is 1.75. The Labute approximate surface area is 118 Å². The fraction of sp³-hybridized carbons (Fsp3) is 0.533. The zero-order valence-corrected chi connectivity index (χ0v) is 13.0. The number of rotatable bonds is 6. The van der Waals surface area contributed by atoms with Crippen LogP contribution in [-0.2, 0) is 11.2 Å². The molecule has 0 bridgehead atoms. The Bertz CT molecular complexity index is 378. The lowest BCUT2D eigenvalue weighted by atomic mass is 10.0. The van der Waals surface area contributed by atoms with Crippen molar-refractivity contribution in [1.29, 1.82) is 0 Å². The molecule has 0 aliphatic carbocycles. The van der Waals surface area contributed by atoms with Gasteiger partial charge in [-0.05, 0) is 44.4 Å². The number of carbonyl (C=O) groups excluding carboxylic acids is 1. The molecule has 1 N–H and O–H groups in total. The minimum Gasteiger partial charge on any atom is -0.326 e. The van der Waals surface area contributed by atoms with Gasteiger partial charge in [0.2, 0.25) is 5.91 Å². The lowest BCUT2D eigenvalue weighted by Crippen LogP contribution is -2.13. The molecule has 0 aliphatic rings. The number of unbranched alkanes of at least 4 members (excludes halogenated alkanes) is 1. The SMILES string of the molecule is CCCCC(=O)Nc1ccc(CC(C)(C)Br)cc1. The fourth-order valence-corrected chi connectivity index (χ4v) is 2.08. The summed E-state index contributed by atoms with van der Waals surface area (Å²) in [6.45, 7) is 6.38. The van der Waals surface area contributed by atoms with Gasteiger partial charge in [-0.1, -0.05) is 41.4 Å². The van der Waals surface area contributed by atoms with E-state index in [-0.39, 0.29) is 10.2 Å². The van der Waals surface area contributed by atoms with Crippen LogP contribution in [0.25, 0.3) is 0 Å². The van der Waals surface area contributed by atoms with Gasteiger partial charge in [0.05, 0.1) is 0 Å². The number of halogens is 1. The largest absolute Gasteiger partial charge is 0.326 e. The van der Waals surface area contributed by atoms with Gasteiger partial charge in [-0.15, -0.1) is 0 Å². The minimum atomic E-state index is 0.102. The molecule has 0 fully saturated rings. The molecule has 0 atom stereocenters. The number of hydrogen-bond acceptors (Lipinski definition) is 1. The smallest absolute Gasteiger partial charge is 0.224 e. The summed E-state index contributed by atoms with van der Waals surface area (Å²) in [5.74, 6) is 0.102. The van der Waals surface area contributed by atoms with Gasteiger partial charge in [-0.25, -0.2) is 0 Å². The molecular weight excluding hydrogens is 290 g/mol. The van der Waals surface area contributed by atoms with Crippen LogP contribution in [0.2, 0.25) is 0 Å². The molecule has 0 spiro atoms. The van der Waals surface area contributed by atoms with Crippen LogP contribution in [0, 0.1) is 0 Å². The van der Waals surface area contributed by atoms with Gasteiger partial charge in [-0.2, -0.15) is 0 Å². The molecule has 0 unspecified atom stereocenters. The highest BCUT2D eigenvalue weighted by Gasteiger charge is 2.13. The molecule has 3 heteroatoms. The summed E-state index contributed by atoms with van der Waals surface area (Å²) < 4.78 is 0.110. The first-order valence-electron chi connectivity index (χ1n) is 6.48. The number of nitrogens with one attached hydrogen (secondary N) is 1. The van der Waals surface area contributed by atoms with Crippen LogP contribution < -0.4 is 5.32 Å². The Morgan fingerprint density at radius 1 is 1.28 bits per heavy atom. The average molecular weight is 312 g/mol. The van der Waals surface area contributed by atoms with Crippen molar-refractivity contribution in [2.24, 2.45) is 0 Å². The lowest BCUT2D eigenvalue weighted by molar-refractivity contribution is -0.116. The van der Waals surface area contributed by atoms with E-state index in [1.165, 1.54) is 5.56 Å². The van der Waals surface area contributed by atoms with Crippen LogP contribution in [-0.4, -0.2) is 10.2 Å². The molecule has 0 saturated heterocycles. The molecule has 0 aliphatic heterocycles. The molecule has 18 heavy (non-hydrogen) atoms. The summed E-state index contributed by atoms with van der Waals surface area (Å²) in [7, 11) is 0. The zero-order valence-electron chi connectivity index (χ0n) is 11.4. The summed E-state index contributed by atoms with van der Waals surface area (Å²) in [6.07, 6.45) is 3.57. The van der Waals surface area contributed by atoms with E-state index < -0.39 is 0 Å². The van der Waals surface area contributed by atoms with Gasteiger partial charge < -0.3 is 5.32 Å². The molecule has 0 radical (unpaired) electrons. The predicted molar refractivity (Wildman–Crippen MR) is 81.3 cm³/mol. The Kier molecular flexibility index (Phi) is 5.86. The van der Waals surface area contributed by atoms with Crippen LogP contribution in [0.15, 0.2) is 24.3 Å². The van der Waals surface area contributed by atoms with Crippen molar-refractivity contribution < 1.29 is 4.79 Å². The topological polar surface area (TPSA) is 29.1 Å². The first kappa shape index (κ1) is 15.2. The summed E-state index contributed by atoms with van der Waals surface area (Å²) in [6, 6.07) is 8.08. The first-order chi connectivity index (χ1) is 8.40. The Morgan fingerprint density at radius 3 is 2.39 bits per heavy atom. The van der Waals surface area contributed by atoms with Gasteiger partial charge in [0, 0.05) is 16.4 Å². The molecule has 1 aromatic rings. The number of carbonyl (C=O) groups is 1. The number of alkyl halides is 1. The minimum absolute atomic E-state index is 0.102. The highest BCUT2D eigenvalue weighted by atomic mass is 79.9. The van der Waals surface area contributed by atoms with Crippen molar-refractivity contribution in [2.45, 2.75) is 50.8 Å². The Balaban J connectivity index is 2.52. The molecule has 1 aromatic carbocycles. The quantitative estimate of drug-likeness (QED) is 0.768. The molecule has 0 aromatic heterocycles. The first-order valence-corrected chi connectivity index (χ1v) is 7.28. The third-order valence-electron chi connectivity index (χ3n) is 2.62. The van der Waals surface area contributed by atoms with E-state index >= 15 is 0 Å². The molecule has 0 heterocycles. The monoisotopic (exact) mass is 311 g/mol. The molecule has 100 valence electrons. The third kappa shape index (κ3) is 6.20. The second kappa shape index (κ2) is 6.93. The number of hydrogen-bond donors (Lipinski definition) is 1. The standard InChI is InChI=1S/C15H22BrNO/c1-4-5-6-14(18)17-13-9-7-12(8-10-13)11-15(2,3)16/h7-10H,4-6,11H2,1-3H3,(H,17,18). The van der Waals surface area contributed by atoms with Crippen LogP contribution in [0.4, 0.5) is 5.69 Å². The predicted octanol–water partition coefficient (Wildman–Crippen LogP) is 4.53. The second-order valence-corrected chi connectivity index (χ2v) is 7.39. The van der Waals surface area contributed by atoms with E-state index in [1.54, 1.807) is 0 Å². The van der Waals surface area contributed by atoms with Crippen molar-refractivity contribution in [3.8, 4) is 0 Å². The van der Waals surface area contributed by atoms with Gasteiger partial charge >= 0.3 is 0 Å². The van der Waals surface area contributed by atoms with Crippen molar-refractivity contribution in [2.75, 3.05) is 5.32 Å². The number of benzene rings is 1. The number of amides is 1. The zero-order chi connectivity index (χ0) is 13.6. The average Bonchev–Trinajstić information content (AvgIpc) is 2.27. The van der Waals surface area contributed by atoms with E-state index in [9.17, 15) is 4.79 Å². The molecule has 2 nitrogen and oxygen atoms in total.